The van der Waals surface area contributed by atoms with Crippen LogP contribution in [-0.4, -0.2) is 18.0 Å². The summed E-state index contributed by atoms with van der Waals surface area (Å²) in [5, 5.41) is 2.65. The van der Waals surface area contributed by atoms with E-state index in [-0.39, 0.29) is 17.6 Å². The molecular formula is C11H11N3O3. The van der Waals surface area contributed by atoms with E-state index in [4.69, 9.17) is 14.9 Å². The highest BCUT2D eigenvalue weighted by atomic mass is 16.5. The van der Waals surface area contributed by atoms with E-state index in [2.05, 4.69) is 10.3 Å². The van der Waals surface area contributed by atoms with Crippen LogP contribution in [0.15, 0.2) is 34.9 Å². The summed E-state index contributed by atoms with van der Waals surface area (Å²) in [7, 11) is 1.58. The zero-order chi connectivity index (χ0) is 12.3. The lowest BCUT2D eigenvalue weighted by molar-refractivity contribution is 0.102. The van der Waals surface area contributed by atoms with E-state index in [1.807, 2.05) is 0 Å². The van der Waals surface area contributed by atoms with Crippen LogP contribution in [0, 0.1) is 0 Å². The lowest BCUT2D eigenvalue weighted by Crippen LogP contribution is -2.12. The summed E-state index contributed by atoms with van der Waals surface area (Å²) in [4.78, 5) is 15.4. The molecule has 1 heterocycles. The molecule has 17 heavy (non-hydrogen) atoms. The van der Waals surface area contributed by atoms with Crippen LogP contribution in [0.2, 0.25) is 0 Å². The fourth-order valence-corrected chi connectivity index (χ4v) is 1.26. The predicted octanol–water partition coefficient (Wildman–Crippen LogP) is 1.52. The van der Waals surface area contributed by atoms with Gasteiger partial charge in [0.2, 0.25) is 0 Å². The number of aromatic nitrogens is 1. The maximum atomic E-state index is 11.7. The average Bonchev–Trinajstić information content (AvgIpc) is 2.77. The second kappa shape index (κ2) is 4.56. The van der Waals surface area contributed by atoms with Gasteiger partial charge >= 0.3 is 0 Å². The smallest absolute Gasteiger partial charge is 0.292 e. The average molecular weight is 233 g/mol. The van der Waals surface area contributed by atoms with E-state index >= 15 is 0 Å². The highest BCUT2D eigenvalue weighted by Gasteiger charge is 2.10. The first-order chi connectivity index (χ1) is 8.19. The number of carbonyl (C=O) groups is 1. The molecule has 0 radical (unpaired) electrons. The van der Waals surface area contributed by atoms with Crippen molar-refractivity contribution >= 4 is 17.6 Å². The number of carbonyl (C=O) groups excluding carboxylic acids is 1. The molecule has 0 aliphatic heterocycles. The molecule has 0 saturated heterocycles. The molecule has 88 valence electrons. The van der Waals surface area contributed by atoms with Gasteiger partial charge in [0.05, 0.1) is 7.11 Å². The van der Waals surface area contributed by atoms with E-state index in [9.17, 15) is 4.79 Å². The van der Waals surface area contributed by atoms with Crippen molar-refractivity contribution in [2.45, 2.75) is 0 Å². The number of anilines is 2. The molecule has 0 atom stereocenters. The Balaban J connectivity index is 2.07. The SMILES string of the molecule is COc1ccc(NC(=O)c2coc(N)n2)cc1. The summed E-state index contributed by atoms with van der Waals surface area (Å²) in [6, 6.07) is 6.89. The molecule has 6 nitrogen and oxygen atoms in total. The number of oxazole rings is 1. The molecule has 0 aliphatic carbocycles. The Morgan fingerprint density at radius 1 is 1.41 bits per heavy atom. The molecule has 2 aromatic rings. The Kier molecular flexibility index (Phi) is 2.95. The van der Waals surface area contributed by atoms with Crippen molar-refractivity contribution in [3.63, 3.8) is 0 Å². The molecule has 0 unspecified atom stereocenters. The molecule has 3 N–H and O–H groups in total. The molecule has 0 aliphatic rings. The third-order valence-corrected chi connectivity index (χ3v) is 2.10. The number of ether oxygens (including phenoxy) is 1. The van der Waals surface area contributed by atoms with Crippen LogP contribution in [0.25, 0.3) is 0 Å². The Bertz CT molecular complexity index is 519. The number of benzene rings is 1. The minimum Gasteiger partial charge on any atom is -0.497 e. The van der Waals surface area contributed by atoms with Crippen LogP contribution in [-0.2, 0) is 0 Å². The summed E-state index contributed by atoms with van der Waals surface area (Å²) < 4.78 is 9.75. The number of hydrogen-bond acceptors (Lipinski definition) is 5. The first-order valence-electron chi connectivity index (χ1n) is 4.85. The fraction of sp³-hybridized carbons (Fsp3) is 0.0909. The normalized spacial score (nSPS) is 9.94. The molecule has 0 saturated carbocycles. The number of methoxy groups -OCH3 is 1. The lowest BCUT2D eigenvalue weighted by Gasteiger charge is -2.04. The summed E-state index contributed by atoms with van der Waals surface area (Å²) in [6.07, 6.45) is 1.20. The Morgan fingerprint density at radius 3 is 2.65 bits per heavy atom. The molecule has 1 aromatic carbocycles. The van der Waals surface area contributed by atoms with Gasteiger partial charge in [0.1, 0.15) is 12.0 Å². The number of nitrogens with one attached hydrogen (secondary N) is 1. The van der Waals surface area contributed by atoms with Crippen molar-refractivity contribution in [1.82, 2.24) is 4.98 Å². The standard InChI is InChI=1S/C11H11N3O3/c1-16-8-4-2-7(3-5-8)13-10(15)9-6-17-11(12)14-9/h2-6H,1H3,(H2,12,14)(H,13,15). The van der Waals surface area contributed by atoms with Gasteiger partial charge in [0, 0.05) is 5.69 Å². The zero-order valence-corrected chi connectivity index (χ0v) is 9.14. The second-order valence-electron chi connectivity index (χ2n) is 3.25. The number of amides is 1. The van der Waals surface area contributed by atoms with Gasteiger partial charge in [0.15, 0.2) is 5.69 Å². The van der Waals surface area contributed by atoms with Crippen LogP contribution in [0.5, 0.6) is 5.75 Å². The molecule has 2 rings (SSSR count). The topological polar surface area (TPSA) is 90.4 Å². The van der Waals surface area contributed by atoms with Gasteiger partial charge in [-0.3, -0.25) is 4.79 Å². The largest absolute Gasteiger partial charge is 0.497 e. The van der Waals surface area contributed by atoms with Crippen LogP contribution >= 0.6 is 0 Å². The highest BCUT2D eigenvalue weighted by Crippen LogP contribution is 2.15. The van der Waals surface area contributed by atoms with Gasteiger partial charge in [-0.2, -0.15) is 4.98 Å². The van der Waals surface area contributed by atoms with Gasteiger partial charge in [-0.15, -0.1) is 0 Å². The van der Waals surface area contributed by atoms with E-state index in [1.54, 1.807) is 31.4 Å². The molecule has 1 amide bonds. The first-order valence-corrected chi connectivity index (χ1v) is 4.85. The van der Waals surface area contributed by atoms with Gasteiger partial charge in [0.25, 0.3) is 11.9 Å². The molecule has 0 spiro atoms. The monoisotopic (exact) mass is 233 g/mol. The van der Waals surface area contributed by atoms with Crippen molar-refractivity contribution in [2.75, 3.05) is 18.2 Å². The van der Waals surface area contributed by atoms with Crippen molar-refractivity contribution in [3.05, 3.63) is 36.2 Å². The van der Waals surface area contributed by atoms with Crippen molar-refractivity contribution < 1.29 is 13.9 Å². The Morgan fingerprint density at radius 2 is 2.12 bits per heavy atom. The van der Waals surface area contributed by atoms with Crippen LogP contribution in [0.3, 0.4) is 0 Å². The predicted molar refractivity (Wildman–Crippen MR) is 61.9 cm³/mol. The molecule has 6 heteroatoms. The second-order valence-corrected chi connectivity index (χ2v) is 3.25. The van der Waals surface area contributed by atoms with E-state index in [1.165, 1.54) is 6.26 Å². The van der Waals surface area contributed by atoms with Gasteiger partial charge in [-0.1, -0.05) is 0 Å². The number of nitrogen functional groups attached to an aromatic ring is 1. The number of hydrogen-bond donors (Lipinski definition) is 2. The molecule has 0 fully saturated rings. The minimum absolute atomic E-state index is 0.0371. The Hall–Kier alpha value is -2.50. The maximum absolute atomic E-state index is 11.7. The highest BCUT2D eigenvalue weighted by molar-refractivity contribution is 6.02. The minimum atomic E-state index is -0.379. The molecule has 1 aromatic heterocycles. The van der Waals surface area contributed by atoms with Gasteiger partial charge in [-0.25, -0.2) is 0 Å². The van der Waals surface area contributed by atoms with Crippen molar-refractivity contribution in [3.8, 4) is 5.75 Å². The lowest BCUT2D eigenvalue weighted by atomic mass is 10.3. The quantitative estimate of drug-likeness (QED) is 0.838. The van der Waals surface area contributed by atoms with Crippen LogP contribution in [0.1, 0.15) is 10.5 Å². The maximum Gasteiger partial charge on any atom is 0.292 e. The summed E-state index contributed by atoms with van der Waals surface area (Å²) in [6.45, 7) is 0. The van der Waals surface area contributed by atoms with Crippen molar-refractivity contribution in [2.24, 2.45) is 0 Å². The zero-order valence-electron chi connectivity index (χ0n) is 9.14. The molecule has 0 bridgehead atoms. The third kappa shape index (κ3) is 2.54. The number of nitrogens with zero attached hydrogens (tertiary/aromatic N) is 1. The van der Waals surface area contributed by atoms with Crippen LogP contribution < -0.4 is 15.8 Å². The van der Waals surface area contributed by atoms with E-state index in [0.29, 0.717) is 11.4 Å². The summed E-state index contributed by atoms with van der Waals surface area (Å²) in [5.41, 5.74) is 6.05. The fourth-order valence-electron chi connectivity index (χ4n) is 1.26. The molecular weight excluding hydrogens is 222 g/mol. The number of rotatable bonds is 3. The van der Waals surface area contributed by atoms with Gasteiger partial charge < -0.3 is 20.2 Å². The van der Waals surface area contributed by atoms with Gasteiger partial charge in [-0.05, 0) is 24.3 Å². The van der Waals surface area contributed by atoms with E-state index in [0.717, 1.165) is 0 Å². The van der Waals surface area contributed by atoms with E-state index < -0.39 is 0 Å². The number of nitrogens with two attached hydrogens (primary N) is 1. The first kappa shape index (κ1) is 11.0. The van der Waals surface area contributed by atoms with Crippen LogP contribution in [0.4, 0.5) is 11.7 Å². The Labute approximate surface area is 97.4 Å². The van der Waals surface area contributed by atoms with Crippen molar-refractivity contribution in [1.29, 1.82) is 0 Å². The summed E-state index contributed by atoms with van der Waals surface area (Å²) in [5.74, 6) is 0.337. The summed E-state index contributed by atoms with van der Waals surface area (Å²) >= 11 is 0. The third-order valence-electron chi connectivity index (χ3n) is 2.10.